The van der Waals surface area contributed by atoms with Gasteiger partial charge in [-0.05, 0) is 12.3 Å². The van der Waals surface area contributed by atoms with Crippen LogP contribution in [0.5, 0.6) is 0 Å². The molecule has 10 heavy (non-hydrogen) atoms. The first kappa shape index (κ1) is 13.3. The largest absolute Gasteiger partial charge is 0.480 e. The van der Waals surface area contributed by atoms with E-state index in [0.29, 0.717) is 12.3 Å². The molecule has 3 N–H and O–H groups in total. The first-order chi connectivity index (χ1) is 4.04. The van der Waals surface area contributed by atoms with Crippen LogP contribution >= 0.6 is 0 Å². The van der Waals surface area contributed by atoms with E-state index in [1.807, 2.05) is 13.8 Å². The summed E-state index contributed by atoms with van der Waals surface area (Å²) in [4.78, 5) is 10.1. The molecule has 0 rings (SSSR count). The molecule has 0 bridgehead atoms. The molecule has 0 fully saturated rings. The van der Waals surface area contributed by atoms with E-state index in [1.165, 1.54) is 0 Å². The molecule has 0 aromatic rings. The zero-order chi connectivity index (χ0) is 7.44. The molecule has 0 aliphatic rings. The van der Waals surface area contributed by atoms with E-state index in [1.54, 1.807) is 0 Å². The standard InChI is InChI=1S/C6H13NO2.Ca/c1-4(2)3-5(7)6(8)9;/h4-5H,3,7H2,1-2H3,(H,8,9);/t5-;/m0./s1. The van der Waals surface area contributed by atoms with E-state index in [4.69, 9.17) is 10.8 Å². The van der Waals surface area contributed by atoms with E-state index >= 15 is 0 Å². The number of hydrogen-bond donors (Lipinski definition) is 2. The maximum absolute atomic E-state index is 10.1. The summed E-state index contributed by atoms with van der Waals surface area (Å²) in [6.45, 7) is 3.89. The summed E-state index contributed by atoms with van der Waals surface area (Å²) < 4.78 is 0. The monoisotopic (exact) mass is 171 g/mol. The number of rotatable bonds is 3. The minimum absolute atomic E-state index is 0. The second-order valence-corrected chi connectivity index (χ2v) is 2.57. The molecule has 4 heteroatoms. The second-order valence-electron chi connectivity index (χ2n) is 2.57. The van der Waals surface area contributed by atoms with Crippen molar-refractivity contribution in [3.05, 3.63) is 0 Å². The summed E-state index contributed by atoms with van der Waals surface area (Å²) >= 11 is 0. The van der Waals surface area contributed by atoms with Crippen molar-refractivity contribution in [3.8, 4) is 0 Å². The van der Waals surface area contributed by atoms with Gasteiger partial charge in [-0.1, -0.05) is 13.8 Å². The molecule has 0 aromatic carbocycles. The molecule has 0 unspecified atom stereocenters. The smallest absolute Gasteiger partial charge is 0.320 e. The minimum atomic E-state index is -0.913. The van der Waals surface area contributed by atoms with Gasteiger partial charge in [-0.2, -0.15) is 0 Å². The van der Waals surface area contributed by atoms with Crippen LogP contribution in [0.2, 0.25) is 0 Å². The van der Waals surface area contributed by atoms with Crippen LogP contribution in [0, 0.1) is 5.92 Å². The van der Waals surface area contributed by atoms with Gasteiger partial charge in [0.1, 0.15) is 6.04 Å². The van der Waals surface area contributed by atoms with Crippen molar-refractivity contribution in [2.75, 3.05) is 0 Å². The summed E-state index contributed by atoms with van der Waals surface area (Å²) in [6.07, 6.45) is 0.551. The van der Waals surface area contributed by atoms with E-state index in [2.05, 4.69) is 0 Å². The first-order valence-electron chi connectivity index (χ1n) is 3.02. The maximum Gasteiger partial charge on any atom is 0.320 e. The van der Waals surface area contributed by atoms with Crippen molar-refractivity contribution >= 4 is 43.7 Å². The van der Waals surface area contributed by atoms with Gasteiger partial charge in [0.2, 0.25) is 0 Å². The summed E-state index contributed by atoms with van der Waals surface area (Å²) in [7, 11) is 0. The number of carboxylic acid groups (broad SMARTS) is 1. The third-order valence-electron chi connectivity index (χ3n) is 1.04. The molecule has 0 aliphatic heterocycles. The number of carboxylic acids is 1. The summed E-state index contributed by atoms with van der Waals surface area (Å²) in [6, 6.07) is -0.690. The Hall–Kier alpha value is 0.690. The summed E-state index contributed by atoms with van der Waals surface area (Å²) in [5.74, 6) is -0.556. The molecule has 1 atom stereocenters. The van der Waals surface area contributed by atoms with Crippen LogP contribution in [-0.2, 0) is 4.79 Å². The number of aliphatic carboxylic acids is 1. The predicted octanol–water partition coefficient (Wildman–Crippen LogP) is 0.0636. The van der Waals surface area contributed by atoms with Crippen LogP contribution in [0.15, 0.2) is 0 Å². The first-order valence-corrected chi connectivity index (χ1v) is 3.02. The Morgan fingerprint density at radius 1 is 1.60 bits per heavy atom. The molecule has 2 radical (unpaired) electrons. The van der Waals surface area contributed by atoms with Gasteiger partial charge in [-0.3, -0.25) is 4.79 Å². The summed E-state index contributed by atoms with van der Waals surface area (Å²) in [5.41, 5.74) is 5.22. The molecule has 0 spiro atoms. The zero-order valence-corrected chi connectivity index (χ0v) is 8.71. The van der Waals surface area contributed by atoms with Gasteiger partial charge >= 0.3 is 5.97 Å². The van der Waals surface area contributed by atoms with Crippen molar-refractivity contribution in [2.45, 2.75) is 26.3 Å². The van der Waals surface area contributed by atoms with Crippen LogP contribution in [0.4, 0.5) is 0 Å². The van der Waals surface area contributed by atoms with E-state index in [9.17, 15) is 4.79 Å². The fraction of sp³-hybridized carbons (Fsp3) is 0.833. The van der Waals surface area contributed by atoms with Crippen molar-refractivity contribution in [1.82, 2.24) is 0 Å². The van der Waals surface area contributed by atoms with Crippen LogP contribution in [-0.4, -0.2) is 54.9 Å². The Kier molecular flexibility index (Phi) is 8.51. The van der Waals surface area contributed by atoms with E-state index in [0.717, 1.165) is 0 Å². The van der Waals surface area contributed by atoms with Gasteiger partial charge in [0, 0.05) is 37.7 Å². The summed E-state index contributed by atoms with van der Waals surface area (Å²) in [5, 5.41) is 8.31. The number of carbonyl (C=O) groups is 1. The third-order valence-corrected chi connectivity index (χ3v) is 1.04. The Balaban J connectivity index is 0. The fourth-order valence-electron chi connectivity index (χ4n) is 0.609. The fourth-order valence-corrected chi connectivity index (χ4v) is 0.609. The Morgan fingerprint density at radius 2 is 2.00 bits per heavy atom. The average Bonchev–Trinajstić information content (AvgIpc) is 1.63. The van der Waals surface area contributed by atoms with Crippen molar-refractivity contribution in [1.29, 1.82) is 0 Å². The zero-order valence-electron chi connectivity index (χ0n) is 6.50. The van der Waals surface area contributed by atoms with E-state index in [-0.39, 0.29) is 37.7 Å². The van der Waals surface area contributed by atoms with Gasteiger partial charge in [0.15, 0.2) is 0 Å². The predicted molar refractivity (Wildman–Crippen MR) is 40.8 cm³/mol. The molecule has 3 nitrogen and oxygen atoms in total. The third kappa shape index (κ3) is 6.80. The van der Waals surface area contributed by atoms with Crippen molar-refractivity contribution in [2.24, 2.45) is 11.7 Å². The molecule has 0 aliphatic carbocycles. The molecule has 56 valence electrons. The minimum Gasteiger partial charge on any atom is -0.480 e. The molecular weight excluding hydrogens is 158 g/mol. The van der Waals surface area contributed by atoms with Gasteiger partial charge in [0.25, 0.3) is 0 Å². The SMILES string of the molecule is CC(C)C[C@H](N)C(=O)O.[Ca]. The second kappa shape index (κ2) is 6.40. The van der Waals surface area contributed by atoms with Gasteiger partial charge in [0.05, 0.1) is 0 Å². The van der Waals surface area contributed by atoms with Crippen LogP contribution in [0.25, 0.3) is 0 Å². The van der Waals surface area contributed by atoms with Crippen LogP contribution in [0.3, 0.4) is 0 Å². The van der Waals surface area contributed by atoms with Crippen LogP contribution < -0.4 is 5.73 Å². The van der Waals surface area contributed by atoms with Gasteiger partial charge < -0.3 is 10.8 Å². The van der Waals surface area contributed by atoms with Crippen molar-refractivity contribution < 1.29 is 9.90 Å². The molecule has 0 aromatic heterocycles. The molecular formula is C6H13CaNO2. The number of nitrogens with two attached hydrogens (primary N) is 1. The molecule has 0 heterocycles. The Labute approximate surface area is 91.0 Å². The van der Waals surface area contributed by atoms with Crippen molar-refractivity contribution in [3.63, 3.8) is 0 Å². The van der Waals surface area contributed by atoms with Crippen LogP contribution in [0.1, 0.15) is 20.3 Å². The Bertz CT molecular complexity index is 106. The van der Waals surface area contributed by atoms with E-state index < -0.39 is 12.0 Å². The number of hydrogen-bond acceptors (Lipinski definition) is 2. The van der Waals surface area contributed by atoms with Gasteiger partial charge in [-0.25, -0.2) is 0 Å². The normalized spacial score (nSPS) is 12.4. The van der Waals surface area contributed by atoms with Gasteiger partial charge in [-0.15, -0.1) is 0 Å². The molecule has 0 saturated heterocycles. The maximum atomic E-state index is 10.1. The molecule has 0 saturated carbocycles. The topological polar surface area (TPSA) is 63.3 Å². The Morgan fingerprint density at radius 3 is 2.10 bits per heavy atom. The molecule has 0 amide bonds. The average molecular weight is 171 g/mol. The quantitative estimate of drug-likeness (QED) is 0.590.